The number of carbonyl (C=O) groups is 2. The van der Waals surface area contributed by atoms with Crippen LogP contribution in [0.15, 0.2) is 12.2 Å². The Morgan fingerprint density at radius 2 is 0.528 bits per heavy atom. The zero-order valence-electron chi connectivity index (χ0n) is 61.0. The number of ether oxygens (including phenoxy) is 1. The molecular formula is C83H163NO5. The first-order chi connectivity index (χ1) is 44.0. The number of aliphatic hydroxyl groups excluding tert-OH is 2. The molecule has 0 aromatic rings. The van der Waals surface area contributed by atoms with Gasteiger partial charge in [0.15, 0.2) is 0 Å². The van der Waals surface area contributed by atoms with Gasteiger partial charge in [0, 0.05) is 12.8 Å². The summed E-state index contributed by atoms with van der Waals surface area (Å²) in [5.74, 6) is -0.00862. The molecule has 6 heteroatoms. The number of amides is 1. The van der Waals surface area contributed by atoms with Crippen LogP contribution < -0.4 is 5.32 Å². The van der Waals surface area contributed by atoms with Crippen molar-refractivity contribution < 1.29 is 24.5 Å². The highest BCUT2D eigenvalue weighted by atomic mass is 16.5. The van der Waals surface area contributed by atoms with Gasteiger partial charge in [-0.1, -0.05) is 431 Å². The fourth-order valence-corrected chi connectivity index (χ4v) is 13.5. The standard InChI is InChI=1S/C83H163NO5/c1-3-5-7-9-11-13-15-17-19-20-21-22-23-35-38-41-44-48-51-55-59-63-67-71-75-81(86)80(79-85)84-82(87)76-72-68-64-60-56-52-49-45-42-39-36-33-31-29-27-25-24-26-28-30-32-34-37-40-43-46-50-54-58-62-66-70-74-78-89-83(88)77-73-69-65-61-57-53-47-18-16-14-12-10-8-6-4-2/h18,47,80-81,85-86H,3-17,19-46,48-79H2,1-2H3,(H,84,87)/b47-18-. The summed E-state index contributed by atoms with van der Waals surface area (Å²) in [7, 11) is 0. The van der Waals surface area contributed by atoms with Crippen LogP contribution in [0.2, 0.25) is 0 Å². The molecule has 0 aromatic carbocycles. The molecule has 6 nitrogen and oxygen atoms in total. The molecule has 0 aliphatic carbocycles. The van der Waals surface area contributed by atoms with Crippen molar-refractivity contribution in [1.29, 1.82) is 0 Å². The van der Waals surface area contributed by atoms with E-state index in [1.54, 1.807) is 0 Å². The van der Waals surface area contributed by atoms with Crippen molar-refractivity contribution in [2.45, 2.75) is 495 Å². The second kappa shape index (κ2) is 79.0. The molecule has 0 fully saturated rings. The number of nitrogens with one attached hydrogen (secondary N) is 1. The van der Waals surface area contributed by atoms with Crippen LogP contribution in [0.3, 0.4) is 0 Å². The van der Waals surface area contributed by atoms with E-state index in [-0.39, 0.29) is 18.5 Å². The predicted octanol–water partition coefficient (Wildman–Crippen LogP) is 27.4. The van der Waals surface area contributed by atoms with E-state index in [1.807, 2.05) is 0 Å². The van der Waals surface area contributed by atoms with Gasteiger partial charge in [-0.15, -0.1) is 0 Å². The molecule has 0 bridgehead atoms. The lowest BCUT2D eigenvalue weighted by atomic mass is 10.0. The second-order valence-electron chi connectivity index (χ2n) is 28.8. The van der Waals surface area contributed by atoms with Gasteiger partial charge in [-0.25, -0.2) is 0 Å². The maximum absolute atomic E-state index is 12.6. The first-order valence-electron chi connectivity index (χ1n) is 41.4. The van der Waals surface area contributed by atoms with Crippen molar-refractivity contribution in [1.82, 2.24) is 5.32 Å². The molecule has 0 spiro atoms. The van der Waals surface area contributed by atoms with E-state index in [4.69, 9.17) is 4.74 Å². The average Bonchev–Trinajstić information content (AvgIpc) is 3.63. The third kappa shape index (κ3) is 75.5. The topological polar surface area (TPSA) is 95.9 Å². The summed E-state index contributed by atoms with van der Waals surface area (Å²) in [5.41, 5.74) is 0. The van der Waals surface area contributed by atoms with Gasteiger partial charge >= 0.3 is 5.97 Å². The van der Waals surface area contributed by atoms with E-state index < -0.39 is 12.1 Å². The van der Waals surface area contributed by atoms with Crippen LogP contribution in [0, 0.1) is 0 Å². The molecule has 0 rings (SSSR count). The lowest BCUT2D eigenvalue weighted by Crippen LogP contribution is -2.45. The maximum Gasteiger partial charge on any atom is 0.305 e. The number of unbranched alkanes of at least 4 members (excludes halogenated alkanes) is 66. The minimum absolute atomic E-state index is 0.0151. The second-order valence-corrected chi connectivity index (χ2v) is 28.8. The van der Waals surface area contributed by atoms with E-state index in [1.165, 1.54) is 405 Å². The molecule has 3 N–H and O–H groups in total. The van der Waals surface area contributed by atoms with Gasteiger partial charge < -0.3 is 20.3 Å². The lowest BCUT2D eigenvalue weighted by molar-refractivity contribution is -0.143. The van der Waals surface area contributed by atoms with Crippen LogP contribution in [-0.2, 0) is 14.3 Å². The Bertz CT molecular complexity index is 1350. The number of esters is 1. The third-order valence-corrected chi connectivity index (χ3v) is 19.8. The average molecular weight is 1260 g/mol. The number of allylic oxidation sites excluding steroid dienone is 2. The number of carbonyl (C=O) groups excluding carboxylic acids is 2. The van der Waals surface area contributed by atoms with Gasteiger partial charge in [0.1, 0.15) is 0 Å². The van der Waals surface area contributed by atoms with Crippen LogP contribution in [0.25, 0.3) is 0 Å². The lowest BCUT2D eigenvalue weighted by Gasteiger charge is -2.22. The molecule has 2 unspecified atom stereocenters. The molecule has 0 saturated carbocycles. The Kier molecular flexibility index (Phi) is 77.8. The van der Waals surface area contributed by atoms with Gasteiger partial charge in [-0.2, -0.15) is 0 Å². The van der Waals surface area contributed by atoms with E-state index in [2.05, 4.69) is 31.3 Å². The quantitative estimate of drug-likeness (QED) is 0.0320. The summed E-state index contributed by atoms with van der Waals surface area (Å²) in [6.45, 7) is 5.01. The molecule has 1 amide bonds. The monoisotopic (exact) mass is 1250 g/mol. The van der Waals surface area contributed by atoms with Crippen molar-refractivity contribution in [2.24, 2.45) is 0 Å². The van der Waals surface area contributed by atoms with Gasteiger partial charge in [0.05, 0.1) is 25.4 Å². The van der Waals surface area contributed by atoms with Crippen molar-refractivity contribution in [3.63, 3.8) is 0 Å². The Morgan fingerprint density at radius 1 is 0.303 bits per heavy atom. The third-order valence-electron chi connectivity index (χ3n) is 19.8. The summed E-state index contributed by atoms with van der Waals surface area (Å²) in [4.78, 5) is 24.7. The Labute approximate surface area is 559 Å². The van der Waals surface area contributed by atoms with E-state index in [0.717, 1.165) is 44.9 Å². The van der Waals surface area contributed by atoms with Crippen molar-refractivity contribution in [2.75, 3.05) is 13.2 Å². The smallest absolute Gasteiger partial charge is 0.305 e. The van der Waals surface area contributed by atoms with Crippen LogP contribution >= 0.6 is 0 Å². The Balaban J connectivity index is 3.32. The summed E-state index contributed by atoms with van der Waals surface area (Å²) < 4.78 is 5.50. The molecule has 0 saturated heterocycles. The highest BCUT2D eigenvalue weighted by molar-refractivity contribution is 5.76. The normalized spacial score (nSPS) is 12.4. The first kappa shape index (κ1) is 87.6. The van der Waals surface area contributed by atoms with Crippen LogP contribution in [-0.4, -0.2) is 47.4 Å². The van der Waals surface area contributed by atoms with E-state index >= 15 is 0 Å². The van der Waals surface area contributed by atoms with Crippen LogP contribution in [0.5, 0.6) is 0 Å². The fraction of sp³-hybridized carbons (Fsp3) is 0.952. The van der Waals surface area contributed by atoms with E-state index in [0.29, 0.717) is 25.9 Å². The summed E-state index contributed by atoms with van der Waals surface area (Å²) in [5, 5.41) is 23.5. The molecular weight excluding hydrogens is 1090 g/mol. The summed E-state index contributed by atoms with van der Waals surface area (Å²) in [6.07, 6.45) is 100. The minimum atomic E-state index is -0.662. The fourth-order valence-electron chi connectivity index (χ4n) is 13.5. The van der Waals surface area contributed by atoms with Gasteiger partial charge in [-0.3, -0.25) is 9.59 Å². The Morgan fingerprint density at radius 3 is 0.798 bits per heavy atom. The first-order valence-corrected chi connectivity index (χ1v) is 41.4. The van der Waals surface area contributed by atoms with Crippen LogP contribution in [0.1, 0.15) is 483 Å². The molecule has 0 aliphatic rings. The predicted molar refractivity (Wildman–Crippen MR) is 394 cm³/mol. The number of hydrogen-bond acceptors (Lipinski definition) is 5. The Hall–Kier alpha value is -1.40. The molecule has 0 aliphatic heterocycles. The van der Waals surface area contributed by atoms with Gasteiger partial charge in [0.25, 0.3) is 0 Å². The molecule has 0 radical (unpaired) electrons. The van der Waals surface area contributed by atoms with Crippen molar-refractivity contribution >= 4 is 11.9 Å². The van der Waals surface area contributed by atoms with E-state index in [9.17, 15) is 19.8 Å². The number of hydrogen-bond donors (Lipinski definition) is 3. The summed E-state index contributed by atoms with van der Waals surface area (Å²) in [6, 6.07) is -0.539. The highest BCUT2D eigenvalue weighted by Crippen LogP contribution is 2.21. The molecule has 0 heterocycles. The maximum atomic E-state index is 12.6. The zero-order chi connectivity index (χ0) is 64.2. The number of aliphatic hydroxyl groups is 2. The zero-order valence-corrected chi connectivity index (χ0v) is 61.0. The molecule has 530 valence electrons. The highest BCUT2D eigenvalue weighted by Gasteiger charge is 2.20. The largest absolute Gasteiger partial charge is 0.466 e. The number of rotatable bonds is 79. The van der Waals surface area contributed by atoms with Crippen LogP contribution in [0.4, 0.5) is 0 Å². The molecule has 89 heavy (non-hydrogen) atoms. The van der Waals surface area contributed by atoms with Crippen molar-refractivity contribution in [3.05, 3.63) is 12.2 Å². The SMILES string of the molecule is CCCCCCCC/C=C\CCCCCCCC(=O)OCCCCCCCCCCCCCCCCCCCCCCCCCCCCCCCCCCCC(=O)NC(CO)C(O)CCCCCCCCCCCCCCCCCCCCCCCCCC. The van der Waals surface area contributed by atoms with Gasteiger partial charge in [0.2, 0.25) is 5.91 Å². The molecule has 2 atom stereocenters. The molecule has 0 aromatic heterocycles. The minimum Gasteiger partial charge on any atom is -0.466 e. The summed E-state index contributed by atoms with van der Waals surface area (Å²) >= 11 is 0. The van der Waals surface area contributed by atoms with Gasteiger partial charge in [-0.05, 0) is 51.4 Å². The van der Waals surface area contributed by atoms with Crippen molar-refractivity contribution in [3.8, 4) is 0 Å².